The van der Waals surface area contributed by atoms with Crippen LogP contribution in [0.4, 0.5) is 5.69 Å². The van der Waals surface area contributed by atoms with Gasteiger partial charge in [0.1, 0.15) is 17.4 Å². The van der Waals surface area contributed by atoms with Gasteiger partial charge in [0.25, 0.3) is 0 Å². The van der Waals surface area contributed by atoms with E-state index in [0.29, 0.717) is 6.61 Å². The predicted octanol–water partition coefficient (Wildman–Crippen LogP) is 2.70. The van der Waals surface area contributed by atoms with Gasteiger partial charge in [-0.15, -0.1) is 11.3 Å². The Labute approximate surface area is 118 Å². The van der Waals surface area contributed by atoms with Gasteiger partial charge in [-0.2, -0.15) is 0 Å². The fourth-order valence-corrected chi connectivity index (χ4v) is 2.09. The lowest BCUT2D eigenvalue weighted by molar-refractivity contribution is 0.261. The Kier molecular flexibility index (Phi) is 5.18. The van der Waals surface area contributed by atoms with Gasteiger partial charge in [0, 0.05) is 23.8 Å². The molecule has 1 aromatic heterocycles. The molecule has 0 bridgehead atoms. The molecule has 102 valence electrons. The van der Waals surface area contributed by atoms with Crippen molar-refractivity contribution in [2.45, 2.75) is 6.54 Å². The summed E-state index contributed by atoms with van der Waals surface area (Å²) >= 11 is 1.66. The highest BCUT2D eigenvalue weighted by molar-refractivity contribution is 7.09. The van der Waals surface area contributed by atoms with Gasteiger partial charge in [0.05, 0.1) is 6.54 Å². The molecule has 0 saturated carbocycles. The van der Waals surface area contributed by atoms with E-state index in [1.165, 1.54) is 0 Å². The average Bonchev–Trinajstić information content (AvgIpc) is 2.90. The Morgan fingerprint density at radius 3 is 2.68 bits per heavy atom. The summed E-state index contributed by atoms with van der Waals surface area (Å²) in [5, 5.41) is 6.41. The van der Waals surface area contributed by atoms with Crippen LogP contribution in [-0.4, -0.2) is 37.1 Å². The van der Waals surface area contributed by atoms with Crippen molar-refractivity contribution in [1.29, 1.82) is 0 Å². The highest BCUT2D eigenvalue weighted by atomic mass is 32.1. The zero-order chi connectivity index (χ0) is 13.5. The Hall–Kier alpha value is -1.59. The van der Waals surface area contributed by atoms with E-state index in [0.717, 1.165) is 29.5 Å². The van der Waals surface area contributed by atoms with Crippen molar-refractivity contribution in [3.8, 4) is 5.75 Å². The van der Waals surface area contributed by atoms with E-state index < -0.39 is 0 Å². The van der Waals surface area contributed by atoms with Crippen LogP contribution in [0, 0.1) is 0 Å². The van der Waals surface area contributed by atoms with Crippen LogP contribution in [0.3, 0.4) is 0 Å². The summed E-state index contributed by atoms with van der Waals surface area (Å²) in [7, 11) is 4.07. The van der Waals surface area contributed by atoms with Crippen LogP contribution in [0.15, 0.2) is 35.8 Å². The highest BCUT2D eigenvalue weighted by Crippen LogP contribution is 2.16. The molecule has 1 aromatic carbocycles. The molecule has 0 spiro atoms. The van der Waals surface area contributed by atoms with Crippen molar-refractivity contribution in [1.82, 2.24) is 9.88 Å². The van der Waals surface area contributed by atoms with Gasteiger partial charge in [-0.3, -0.25) is 0 Å². The summed E-state index contributed by atoms with van der Waals surface area (Å²) in [6.45, 7) is 2.39. The van der Waals surface area contributed by atoms with Gasteiger partial charge in [0.15, 0.2) is 0 Å². The molecule has 2 rings (SSSR count). The van der Waals surface area contributed by atoms with Crippen LogP contribution in [0.2, 0.25) is 0 Å². The summed E-state index contributed by atoms with van der Waals surface area (Å²) < 4.78 is 5.64. The number of thiazole rings is 1. The molecule has 1 heterocycles. The van der Waals surface area contributed by atoms with Gasteiger partial charge in [-0.05, 0) is 38.4 Å². The summed E-state index contributed by atoms with van der Waals surface area (Å²) in [5.41, 5.74) is 1.08. The minimum Gasteiger partial charge on any atom is -0.492 e. The molecule has 1 N–H and O–H groups in total. The summed E-state index contributed by atoms with van der Waals surface area (Å²) in [5.74, 6) is 0.904. The molecule has 0 atom stereocenters. The molecule has 0 aliphatic carbocycles. The molecule has 0 radical (unpaired) electrons. The van der Waals surface area contributed by atoms with E-state index in [9.17, 15) is 0 Å². The third-order valence-corrected chi connectivity index (χ3v) is 3.37. The van der Waals surface area contributed by atoms with Gasteiger partial charge in [-0.25, -0.2) is 4.98 Å². The number of hydrogen-bond acceptors (Lipinski definition) is 5. The molecule has 19 heavy (non-hydrogen) atoms. The van der Waals surface area contributed by atoms with Crippen molar-refractivity contribution in [3.05, 3.63) is 40.8 Å². The number of hydrogen-bond donors (Lipinski definition) is 1. The maximum atomic E-state index is 5.64. The topological polar surface area (TPSA) is 37.4 Å². The number of rotatable bonds is 7. The normalized spacial score (nSPS) is 10.7. The molecule has 0 aliphatic heterocycles. The van der Waals surface area contributed by atoms with E-state index in [4.69, 9.17) is 4.74 Å². The fraction of sp³-hybridized carbons (Fsp3) is 0.357. The van der Waals surface area contributed by atoms with Gasteiger partial charge in [0.2, 0.25) is 0 Å². The number of likely N-dealkylation sites (N-methyl/N-ethyl adjacent to an activating group) is 1. The lowest BCUT2D eigenvalue weighted by Crippen LogP contribution is -2.19. The van der Waals surface area contributed by atoms with Crippen molar-refractivity contribution < 1.29 is 4.74 Å². The van der Waals surface area contributed by atoms with Crippen molar-refractivity contribution >= 4 is 17.0 Å². The summed E-state index contributed by atoms with van der Waals surface area (Å²) in [4.78, 5) is 6.33. The molecule has 4 nitrogen and oxygen atoms in total. The van der Waals surface area contributed by atoms with E-state index in [-0.39, 0.29) is 0 Å². The molecule has 2 aromatic rings. The number of aromatic nitrogens is 1. The van der Waals surface area contributed by atoms with E-state index in [1.807, 2.05) is 49.9 Å². The van der Waals surface area contributed by atoms with Crippen LogP contribution in [0.25, 0.3) is 0 Å². The zero-order valence-electron chi connectivity index (χ0n) is 11.3. The molecule has 0 unspecified atom stereocenters. The Morgan fingerprint density at radius 1 is 1.26 bits per heavy atom. The standard InChI is InChI=1S/C14H19N3OS/c1-17(2)8-9-18-13-5-3-12(4-6-13)16-11-14-15-7-10-19-14/h3-7,10,16H,8-9,11H2,1-2H3. The first-order chi connectivity index (χ1) is 9.24. The second-order valence-corrected chi connectivity index (χ2v) is 5.43. The average molecular weight is 277 g/mol. The molecule has 0 saturated heterocycles. The quantitative estimate of drug-likeness (QED) is 0.844. The maximum Gasteiger partial charge on any atom is 0.119 e. The Morgan fingerprint density at radius 2 is 2.05 bits per heavy atom. The molecule has 0 amide bonds. The third kappa shape index (κ3) is 4.89. The zero-order valence-corrected chi connectivity index (χ0v) is 12.1. The monoisotopic (exact) mass is 277 g/mol. The maximum absolute atomic E-state index is 5.64. The lowest BCUT2D eigenvalue weighted by Gasteiger charge is -2.11. The Bertz CT molecular complexity index is 468. The minimum absolute atomic E-state index is 0.707. The molecule has 0 aliphatic rings. The first kappa shape index (κ1) is 13.8. The summed E-state index contributed by atoms with van der Waals surface area (Å²) in [6, 6.07) is 8.02. The minimum atomic E-state index is 0.707. The third-order valence-electron chi connectivity index (χ3n) is 2.59. The van der Waals surface area contributed by atoms with Crippen LogP contribution < -0.4 is 10.1 Å². The van der Waals surface area contributed by atoms with Crippen LogP contribution in [-0.2, 0) is 6.54 Å². The SMILES string of the molecule is CN(C)CCOc1ccc(NCc2nccs2)cc1. The van der Waals surface area contributed by atoms with E-state index in [2.05, 4.69) is 15.2 Å². The fourth-order valence-electron chi connectivity index (χ4n) is 1.53. The lowest BCUT2D eigenvalue weighted by atomic mass is 10.3. The number of nitrogens with one attached hydrogen (secondary N) is 1. The molecule has 0 fully saturated rings. The first-order valence-electron chi connectivity index (χ1n) is 6.24. The Balaban J connectivity index is 1.77. The first-order valence-corrected chi connectivity index (χ1v) is 7.12. The van der Waals surface area contributed by atoms with Crippen LogP contribution >= 0.6 is 11.3 Å². The van der Waals surface area contributed by atoms with Crippen molar-refractivity contribution in [3.63, 3.8) is 0 Å². The number of benzene rings is 1. The highest BCUT2D eigenvalue weighted by Gasteiger charge is 1.98. The second-order valence-electron chi connectivity index (χ2n) is 4.46. The van der Waals surface area contributed by atoms with Crippen LogP contribution in [0.1, 0.15) is 5.01 Å². The smallest absolute Gasteiger partial charge is 0.119 e. The predicted molar refractivity (Wildman–Crippen MR) is 79.9 cm³/mol. The van der Waals surface area contributed by atoms with Gasteiger partial charge < -0.3 is 15.0 Å². The molecule has 5 heteroatoms. The van der Waals surface area contributed by atoms with Crippen molar-refractivity contribution in [2.24, 2.45) is 0 Å². The van der Waals surface area contributed by atoms with Crippen molar-refractivity contribution in [2.75, 3.05) is 32.6 Å². The second kappa shape index (κ2) is 7.11. The van der Waals surface area contributed by atoms with Gasteiger partial charge >= 0.3 is 0 Å². The largest absolute Gasteiger partial charge is 0.492 e. The number of nitrogens with zero attached hydrogens (tertiary/aromatic N) is 2. The molecular weight excluding hydrogens is 258 g/mol. The number of ether oxygens (including phenoxy) is 1. The van der Waals surface area contributed by atoms with E-state index in [1.54, 1.807) is 11.3 Å². The molecular formula is C14H19N3OS. The van der Waals surface area contributed by atoms with E-state index >= 15 is 0 Å². The number of anilines is 1. The van der Waals surface area contributed by atoms with Crippen LogP contribution in [0.5, 0.6) is 5.75 Å². The summed E-state index contributed by atoms with van der Waals surface area (Å²) in [6.07, 6.45) is 1.82. The van der Waals surface area contributed by atoms with Gasteiger partial charge in [-0.1, -0.05) is 0 Å².